The second kappa shape index (κ2) is 5.13. The van der Waals surface area contributed by atoms with E-state index in [0.717, 1.165) is 25.1 Å². The third kappa shape index (κ3) is 4.17. The lowest BCUT2D eigenvalue weighted by atomic mass is 10.3. The van der Waals surface area contributed by atoms with Crippen LogP contribution in [0.15, 0.2) is 28.0 Å². The highest BCUT2D eigenvalue weighted by molar-refractivity contribution is 7.86. The number of hydrazine groups is 1. The zero-order chi connectivity index (χ0) is 14.8. The minimum atomic E-state index is -4.63. The summed E-state index contributed by atoms with van der Waals surface area (Å²) in [6, 6.07) is 2.30. The van der Waals surface area contributed by atoms with Gasteiger partial charge in [-0.2, -0.15) is 16.8 Å². The van der Waals surface area contributed by atoms with Crippen molar-refractivity contribution in [3.63, 3.8) is 0 Å². The Hall–Kier alpha value is -1.69. The summed E-state index contributed by atoms with van der Waals surface area (Å²) in [7, 11) is -9.19. The van der Waals surface area contributed by atoms with Gasteiger partial charge in [-0.1, -0.05) is 0 Å². The monoisotopic (exact) mass is 310 g/mol. The molecule has 1 aromatic carbocycles. The first-order valence-corrected chi connectivity index (χ1v) is 7.51. The summed E-state index contributed by atoms with van der Waals surface area (Å²) in [5.74, 6) is -0.585. The number of nitrogens with one attached hydrogen (secondary N) is 2. The molecule has 0 heterocycles. The quantitative estimate of drug-likeness (QED) is 0.435. The Morgan fingerprint density at radius 2 is 1.68 bits per heavy atom. The van der Waals surface area contributed by atoms with Gasteiger partial charge in [0.2, 0.25) is 5.91 Å². The molecule has 1 amide bonds. The maximum Gasteiger partial charge on any atom is 0.296 e. The molecule has 0 bridgehead atoms. The average molecular weight is 310 g/mol. The van der Waals surface area contributed by atoms with Gasteiger partial charge in [-0.15, -0.1) is 0 Å². The summed E-state index contributed by atoms with van der Waals surface area (Å²) in [5, 5.41) is 0. The Bertz CT molecular complexity index is 709. The fourth-order valence-electron chi connectivity index (χ4n) is 1.15. The molecule has 4 N–H and O–H groups in total. The number of hydrogen-bond donors (Lipinski definition) is 4. The number of rotatable bonds is 4. The smallest absolute Gasteiger partial charge is 0.296 e. The van der Waals surface area contributed by atoms with Crippen LogP contribution < -0.4 is 10.9 Å². The summed E-state index contributed by atoms with van der Waals surface area (Å²) >= 11 is 0. The molecule has 0 aliphatic heterocycles. The molecular weight excluding hydrogens is 300 g/mol. The van der Waals surface area contributed by atoms with Crippen molar-refractivity contribution < 1.29 is 30.7 Å². The zero-order valence-corrected chi connectivity index (χ0v) is 11.1. The lowest BCUT2D eigenvalue weighted by Crippen LogP contribution is -2.27. The molecule has 0 spiro atoms. The number of carbonyl (C=O) groups is 1. The van der Waals surface area contributed by atoms with Crippen LogP contribution in [0.4, 0.5) is 5.69 Å². The summed E-state index contributed by atoms with van der Waals surface area (Å²) in [6.07, 6.45) is 0. The van der Waals surface area contributed by atoms with Crippen LogP contribution in [0.5, 0.6) is 0 Å². The molecular formula is C8H10N2O7S2. The minimum Gasteiger partial charge on any atom is -0.297 e. The third-order valence-corrected chi connectivity index (χ3v) is 3.66. The molecule has 1 aromatic rings. The third-order valence-electron chi connectivity index (χ3n) is 1.90. The predicted molar refractivity (Wildman–Crippen MR) is 63.5 cm³/mol. The first-order chi connectivity index (χ1) is 8.51. The fraction of sp³-hybridized carbons (Fsp3) is 0.125. The van der Waals surface area contributed by atoms with Crippen molar-refractivity contribution in [3.05, 3.63) is 18.2 Å². The molecule has 106 valence electrons. The fourth-order valence-corrected chi connectivity index (χ4v) is 2.28. The minimum absolute atomic E-state index is 0.409. The summed E-state index contributed by atoms with van der Waals surface area (Å²) in [6.45, 7) is 1.12. The van der Waals surface area contributed by atoms with Crippen LogP contribution in [0, 0.1) is 0 Å². The molecule has 0 atom stereocenters. The van der Waals surface area contributed by atoms with E-state index in [1.165, 1.54) is 0 Å². The van der Waals surface area contributed by atoms with E-state index in [4.69, 9.17) is 9.11 Å². The van der Waals surface area contributed by atoms with Crippen molar-refractivity contribution in [2.24, 2.45) is 0 Å². The molecule has 0 saturated carbocycles. The maximum absolute atomic E-state index is 11.1. The first-order valence-electron chi connectivity index (χ1n) is 4.63. The van der Waals surface area contributed by atoms with Gasteiger partial charge in [-0.05, 0) is 18.2 Å². The van der Waals surface area contributed by atoms with E-state index >= 15 is 0 Å². The second-order valence-corrected chi connectivity index (χ2v) is 6.23. The van der Waals surface area contributed by atoms with Crippen molar-refractivity contribution in [2.75, 3.05) is 5.43 Å². The Morgan fingerprint density at radius 1 is 1.11 bits per heavy atom. The Kier molecular flexibility index (Phi) is 4.15. The lowest BCUT2D eigenvalue weighted by molar-refractivity contribution is -0.118. The number of benzene rings is 1. The number of amides is 1. The van der Waals surface area contributed by atoms with Gasteiger partial charge in [0.05, 0.1) is 10.6 Å². The zero-order valence-electron chi connectivity index (χ0n) is 9.48. The van der Waals surface area contributed by atoms with Crippen LogP contribution in [0.3, 0.4) is 0 Å². The van der Waals surface area contributed by atoms with E-state index in [2.05, 4.69) is 5.43 Å². The molecule has 0 radical (unpaired) electrons. The van der Waals surface area contributed by atoms with E-state index in [1.807, 2.05) is 5.43 Å². The van der Waals surface area contributed by atoms with E-state index in [1.54, 1.807) is 0 Å². The van der Waals surface area contributed by atoms with Gasteiger partial charge in [0, 0.05) is 6.92 Å². The Labute approximate surface area is 109 Å². The predicted octanol–water partition coefficient (Wildman–Crippen LogP) is -0.357. The van der Waals surface area contributed by atoms with Crippen molar-refractivity contribution >= 4 is 31.8 Å². The van der Waals surface area contributed by atoms with Gasteiger partial charge in [-0.25, -0.2) is 0 Å². The highest BCUT2D eigenvalue weighted by atomic mass is 32.2. The molecule has 0 saturated heterocycles. The number of anilines is 1. The molecule has 11 heteroatoms. The van der Waals surface area contributed by atoms with Gasteiger partial charge < -0.3 is 0 Å². The molecule has 0 aromatic heterocycles. The van der Waals surface area contributed by atoms with Crippen LogP contribution in [0.1, 0.15) is 6.92 Å². The molecule has 9 nitrogen and oxygen atoms in total. The first kappa shape index (κ1) is 15.4. The van der Waals surface area contributed by atoms with E-state index in [0.29, 0.717) is 0 Å². The summed E-state index contributed by atoms with van der Waals surface area (Å²) < 4.78 is 61.7. The molecule has 1 rings (SSSR count). The van der Waals surface area contributed by atoms with Crippen molar-refractivity contribution in [3.8, 4) is 0 Å². The lowest BCUT2D eigenvalue weighted by Gasteiger charge is -2.11. The summed E-state index contributed by atoms with van der Waals surface area (Å²) in [4.78, 5) is 9.44. The topological polar surface area (TPSA) is 150 Å². The van der Waals surface area contributed by atoms with E-state index < -0.39 is 41.6 Å². The standard InChI is InChI=1S/C8H10N2O7S2/c1-5(11)9-10-7-4-6(18(12,13)14)2-3-8(7)19(15,16)17/h2-4,10H,1H3,(H,9,11)(H,12,13,14)(H,15,16,17). The van der Waals surface area contributed by atoms with E-state index in [9.17, 15) is 21.6 Å². The van der Waals surface area contributed by atoms with Crippen LogP contribution >= 0.6 is 0 Å². The average Bonchev–Trinajstić information content (AvgIpc) is 2.23. The molecule has 0 unspecified atom stereocenters. The van der Waals surface area contributed by atoms with Gasteiger partial charge >= 0.3 is 0 Å². The Balaban J connectivity index is 3.39. The van der Waals surface area contributed by atoms with Crippen molar-refractivity contribution in [2.45, 2.75) is 16.7 Å². The van der Waals surface area contributed by atoms with Gasteiger partial charge in [0.25, 0.3) is 20.2 Å². The van der Waals surface area contributed by atoms with Crippen LogP contribution in [0.25, 0.3) is 0 Å². The van der Waals surface area contributed by atoms with Gasteiger partial charge in [0.1, 0.15) is 4.90 Å². The van der Waals surface area contributed by atoms with E-state index in [-0.39, 0.29) is 0 Å². The van der Waals surface area contributed by atoms with Crippen LogP contribution in [-0.4, -0.2) is 31.8 Å². The Morgan fingerprint density at radius 3 is 2.11 bits per heavy atom. The SMILES string of the molecule is CC(=O)NNc1cc(S(=O)(=O)O)ccc1S(=O)(=O)O. The van der Waals surface area contributed by atoms with Crippen LogP contribution in [-0.2, 0) is 25.0 Å². The number of hydrogen-bond acceptors (Lipinski definition) is 6. The van der Waals surface area contributed by atoms with Crippen LogP contribution in [0.2, 0.25) is 0 Å². The van der Waals surface area contributed by atoms with Crippen molar-refractivity contribution in [1.82, 2.24) is 5.43 Å². The number of carbonyl (C=O) groups excluding carboxylic acids is 1. The maximum atomic E-state index is 11.1. The molecule has 0 fully saturated rings. The molecule has 0 aliphatic carbocycles. The molecule has 0 aliphatic rings. The van der Waals surface area contributed by atoms with Gasteiger partial charge in [-0.3, -0.25) is 24.8 Å². The molecule has 19 heavy (non-hydrogen) atoms. The summed E-state index contributed by atoms with van der Waals surface area (Å²) in [5.41, 5.74) is 3.72. The normalized spacial score (nSPS) is 11.9. The van der Waals surface area contributed by atoms with Crippen molar-refractivity contribution in [1.29, 1.82) is 0 Å². The highest BCUT2D eigenvalue weighted by Crippen LogP contribution is 2.24. The van der Waals surface area contributed by atoms with Gasteiger partial charge in [0.15, 0.2) is 0 Å². The second-order valence-electron chi connectivity index (χ2n) is 3.41. The largest absolute Gasteiger partial charge is 0.297 e. The highest BCUT2D eigenvalue weighted by Gasteiger charge is 2.19.